The van der Waals surface area contributed by atoms with E-state index in [-0.39, 0.29) is 17.2 Å². The Balaban J connectivity index is 2.02. The van der Waals surface area contributed by atoms with E-state index in [1.165, 1.54) is 18.3 Å². The molecule has 1 aliphatic heterocycles. The molecule has 0 bridgehead atoms. The third kappa shape index (κ3) is 3.78. The van der Waals surface area contributed by atoms with Crippen LogP contribution in [0.1, 0.15) is 17.5 Å². The molecule has 142 valence electrons. The van der Waals surface area contributed by atoms with Crippen molar-refractivity contribution >= 4 is 40.4 Å². The maximum atomic E-state index is 14.8. The highest BCUT2D eigenvalue weighted by atomic mass is 19.1. The molecule has 28 heavy (non-hydrogen) atoms. The van der Waals surface area contributed by atoms with Gasteiger partial charge in [-0.2, -0.15) is 5.26 Å². The van der Waals surface area contributed by atoms with Gasteiger partial charge in [0.05, 0.1) is 34.4 Å². The number of allylic oxidation sites excluding steroid dienone is 1. The minimum absolute atomic E-state index is 0.0961. The van der Waals surface area contributed by atoms with E-state index in [1.54, 1.807) is 25.2 Å². The van der Waals surface area contributed by atoms with Gasteiger partial charge >= 0.3 is 0 Å². The Kier molecular flexibility index (Phi) is 5.56. The SMILES string of the molecule is CN/C=C(\C=N)c1cc(F)c(Nc2cccc3c2NCCC(=O)N3)cc1C#N. The van der Waals surface area contributed by atoms with E-state index < -0.39 is 5.82 Å². The summed E-state index contributed by atoms with van der Waals surface area (Å²) in [4.78, 5) is 11.7. The molecule has 8 heteroatoms. The Bertz CT molecular complexity index is 1010. The summed E-state index contributed by atoms with van der Waals surface area (Å²) < 4.78 is 14.8. The van der Waals surface area contributed by atoms with Crippen molar-refractivity contribution in [2.75, 3.05) is 29.5 Å². The second-order valence-corrected chi connectivity index (χ2v) is 6.10. The van der Waals surface area contributed by atoms with Crippen molar-refractivity contribution < 1.29 is 9.18 Å². The van der Waals surface area contributed by atoms with E-state index in [9.17, 15) is 14.4 Å². The van der Waals surface area contributed by atoms with Gasteiger partial charge in [0, 0.05) is 43.6 Å². The molecule has 3 rings (SSSR count). The number of rotatable bonds is 5. The molecular formula is C20H19FN6O. The topological polar surface area (TPSA) is 113 Å². The fraction of sp³-hybridized carbons (Fsp3) is 0.150. The molecule has 0 radical (unpaired) electrons. The number of hydrogen-bond acceptors (Lipinski definition) is 6. The third-order valence-electron chi connectivity index (χ3n) is 4.26. The van der Waals surface area contributed by atoms with Gasteiger partial charge in [0.25, 0.3) is 0 Å². The maximum absolute atomic E-state index is 14.8. The first-order valence-corrected chi connectivity index (χ1v) is 8.63. The average molecular weight is 378 g/mol. The van der Waals surface area contributed by atoms with Crippen molar-refractivity contribution in [1.82, 2.24) is 5.32 Å². The number of halogens is 1. The van der Waals surface area contributed by atoms with Crippen molar-refractivity contribution in [2.45, 2.75) is 6.42 Å². The van der Waals surface area contributed by atoms with E-state index in [0.717, 1.165) is 6.21 Å². The Hall–Kier alpha value is -3.86. The number of fused-ring (bicyclic) bond motifs is 1. The summed E-state index contributed by atoms with van der Waals surface area (Å²) in [5, 5.41) is 28.7. The lowest BCUT2D eigenvalue weighted by molar-refractivity contribution is -0.115. The van der Waals surface area contributed by atoms with Gasteiger partial charge in [-0.1, -0.05) is 6.07 Å². The van der Waals surface area contributed by atoms with Gasteiger partial charge in [-0.3, -0.25) is 4.79 Å². The van der Waals surface area contributed by atoms with Gasteiger partial charge < -0.3 is 26.7 Å². The minimum atomic E-state index is -0.562. The molecule has 1 amide bonds. The molecule has 0 aliphatic carbocycles. The number of nitriles is 1. The molecule has 0 saturated heterocycles. The van der Waals surface area contributed by atoms with Gasteiger partial charge in [-0.15, -0.1) is 0 Å². The summed E-state index contributed by atoms with van der Waals surface area (Å²) in [6.45, 7) is 0.458. The average Bonchev–Trinajstić information content (AvgIpc) is 2.88. The lowest BCUT2D eigenvalue weighted by Crippen LogP contribution is -2.10. The Morgan fingerprint density at radius 3 is 2.89 bits per heavy atom. The van der Waals surface area contributed by atoms with Crippen molar-refractivity contribution in [3.8, 4) is 6.07 Å². The molecule has 0 fully saturated rings. The summed E-state index contributed by atoms with van der Waals surface area (Å²) in [6, 6.07) is 9.95. The molecule has 5 N–H and O–H groups in total. The van der Waals surface area contributed by atoms with E-state index in [4.69, 9.17) is 5.41 Å². The standard InChI is InChI=1S/C20H19FN6O/c1-24-11-13(10-23)14-8-15(21)18(7-12(14)9-22)26-16-3-2-4-17-20(16)25-6-5-19(28)27-17/h2-4,7-8,10-11,23-26H,5-6H2,1H3,(H,27,28)/b13-11+,23-10?. The smallest absolute Gasteiger partial charge is 0.226 e. The third-order valence-corrected chi connectivity index (χ3v) is 4.26. The summed E-state index contributed by atoms with van der Waals surface area (Å²) in [7, 11) is 1.66. The number of nitrogens with one attached hydrogen (secondary N) is 5. The zero-order valence-corrected chi connectivity index (χ0v) is 15.2. The molecule has 0 unspecified atom stereocenters. The van der Waals surface area contributed by atoms with Crippen LogP contribution in [0.25, 0.3) is 5.57 Å². The van der Waals surface area contributed by atoms with Crippen LogP contribution in [0.15, 0.2) is 36.5 Å². The van der Waals surface area contributed by atoms with E-state index in [0.29, 0.717) is 41.2 Å². The highest BCUT2D eigenvalue weighted by molar-refractivity contribution is 6.09. The zero-order chi connectivity index (χ0) is 20.1. The van der Waals surface area contributed by atoms with E-state index in [1.807, 2.05) is 6.07 Å². The second kappa shape index (κ2) is 8.22. The summed E-state index contributed by atoms with van der Waals surface area (Å²) in [5.41, 5.74) is 2.92. The molecule has 7 nitrogen and oxygen atoms in total. The predicted octanol–water partition coefficient (Wildman–Crippen LogP) is 3.40. The van der Waals surface area contributed by atoms with Gasteiger partial charge in [-0.25, -0.2) is 4.39 Å². The molecule has 2 aromatic carbocycles. The van der Waals surface area contributed by atoms with Crippen LogP contribution in [0, 0.1) is 22.6 Å². The minimum Gasteiger partial charge on any atom is -0.393 e. The number of anilines is 4. The molecule has 0 aromatic heterocycles. The van der Waals surface area contributed by atoms with Crippen LogP contribution in [-0.2, 0) is 4.79 Å². The second-order valence-electron chi connectivity index (χ2n) is 6.10. The molecule has 2 aromatic rings. The number of nitrogens with zero attached hydrogens (tertiary/aromatic N) is 1. The fourth-order valence-corrected chi connectivity index (χ4v) is 2.96. The number of hydrogen-bond donors (Lipinski definition) is 5. The predicted molar refractivity (Wildman–Crippen MR) is 108 cm³/mol. The van der Waals surface area contributed by atoms with Gasteiger partial charge in [0.1, 0.15) is 5.82 Å². The van der Waals surface area contributed by atoms with Crippen LogP contribution < -0.4 is 21.3 Å². The monoisotopic (exact) mass is 378 g/mol. The lowest BCUT2D eigenvalue weighted by Gasteiger charge is -2.16. The largest absolute Gasteiger partial charge is 0.393 e. The fourth-order valence-electron chi connectivity index (χ4n) is 2.96. The van der Waals surface area contributed by atoms with Gasteiger partial charge in [-0.05, 0) is 24.3 Å². The maximum Gasteiger partial charge on any atom is 0.226 e. The van der Waals surface area contributed by atoms with Crippen LogP contribution in [0.4, 0.5) is 27.1 Å². The molecule has 0 saturated carbocycles. The first-order chi connectivity index (χ1) is 13.6. The first kappa shape index (κ1) is 18.9. The molecular weight excluding hydrogens is 359 g/mol. The first-order valence-electron chi connectivity index (χ1n) is 8.63. The number of carbonyl (C=O) groups is 1. The highest BCUT2D eigenvalue weighted by Crippen LogP contribution is 2.35. The normalized spacial score (nSPS) is 13.3. The Morgan fingerprint density at radius 1 is 1.36 bits per heavy atom. The zero-order valence-electron chi connectivity index (χ0n) is 15.2. The molecule has 0 spiro atoms. The molecule has 1 heterocycles. The summed E-state index contributed by atoms with van der Waals surface area (Å²) >= 11 is 0. The molecule has 0 atom stereocenters. The number of carbonyl (C=O) groups excluding carboxylic acids is 1. The van der Waals surface area contributed by atoms with Crippen molar-refractivity contribution in [2.24, 2.45) is 0 Å². The Morgan fingerprint density at radius 2 is 2.18 bits per heavy atom. The molecule has 1 aliphatic rings. The highest BCUT2D eigenvalue weighted by Gasteiger charge is 2.17. The Labute approximate surface area is 161 Å². The van der Waals surface area contributed by atoms with Gasteiger partial charge in [0.2, 0.25) is 5.91 Å². The summed E-state index contributed by atoms with van der Waals surface area (Å²) in [6.07, 6.45) is 2.92. The number of para-hydroxylation sites is 1. The van der Waals surface area contributed by atoms with E-state index in [2.05, 4.69) is 21.3 Å². The van der Waals surface area contributed by atoms with Crippen LogP contribution in [-0.4, -0.2) is 25.7 Å². The van der Waals surface area contributed by atoms with Crippen molar-refractivity contribution in [3.05, 3.63) is 53.5 Å². The van der Waals surface area contributed by atoms with Crippen molar-refractivity contribution in [1.29, 1.82) is 10.7 Å². The van der Waals surface area contributed by atoms with Gasteiger partial charge in [0.15, 0.2) is 0 Å². The number of amides is 1. The summed E-state index contributed by atoms with van der Waals surface area (Å²) in [5.74, 6) is -0.658. The van der Waals surface area contributed by atoms with Crippen LogP contribution in [0.3, 0.4) is 0 Å². The van der Waals surface area contributed by atoms with Crippen LogP contribution >= 0.6 is 0 Å². The number of benzene rings is 2. The quantitative estimate of drug-likeness (QED) is 0.512. The van der Waals surface area contributed by atoms with Crippen LogP contribution in [0.5, 0.6) is 0 Å². The van der Waals surface area contributed by atoms with E-state index >= 15 is 0 Å². The lowest BCUT2D eigenvalue weighted by atomic mass is 10.0. The van der Waals surface area contributed by atoms with Crippen LogP contribution in [0.2, 0.25) is 0 Å². The van der Waals surface area contributed by atoms with Crippen molar-refractivity contribution in [3.63, 3.8) is 0 Å².